The van der Waals surface area contributed by atoms with E-state index in [9.17, 15) is 19.2 Å². The van der Waals surface area contributed by atoms with Crippen LogP contribution in [0, 0.1) is 12.8 Å². The Kier molecular flexibility index (Phi) is 12.8. The molecule has 3 rings (SSSR count). The third-order valence-electron chi connectivity index (χ3n) is 7.57. The Morgan fingerprint density at radius 1 is 0.844 bits per heavy atom. The van der Waals surface area contributed by atoms with Crippen LogP contribution in [0.3, 0.4) is 0 Å². The molecule has 4 atom stereocenters. The van der Waals surface area contributed by atoms with Gasteiger partial charge in [-0.05, 0) is 63.8 Å². The van der Waals surface area contributed by atoms with Crippen molar-refractivity contribution in [2.24, 2.45) is 13.0 Å². The molecule has 0 bridgehead atoms. The van der Waals surface area contributed by atoms with Gasteiger partial charge in [-0.1, -0.05) is 50.2 Å². The highest BCUT2D eigenvalue weighted by molar-refractivity contribution is 6.00. The van der Waals surface area contributed by atoms with Crippen LogP contribution in [0.15, 0.2) is 60.8 Å². The van der Waals surface area contributed by atoms with Gasteiger partial charge in [-0.15, -0.1) is 0 Å². The van der Waals surface area contributed by atoms with Crippen LogP contribution in [0.5, 0.6) is 0 Å². The number of nitrogens with one attached hydrogen (secondary N) is 5. The van der Waals surface area contributed by atoms with Crippen molar-refractivity contribution in [3.05, 3.63) is 88.7 Å². The average Bonchev–Trinajstić information content (AvgIpc) is 3.36. The number of carbonyl (C=O) groups excluding carboxylic acids is 4. The molecule has 0 saturated carbocycles. The first kappa shape index (κ1) is 35.0. The van der Waals surface area contributed by atoms with E-state index in [1.165, 1.54) is 0 Å². The Morgan fingerprint density at radius 3 is 2.07 bits per heavy atom. The highest BCUT2D eigenvalue weighted by Gasteiger charge is 2.26. The van der Waals surface area contributed by atoms with E-state index in [0.717, 1.165) is 16.8 Å². The smallest absolute Gasteiger partial charge is 0.251 e. The molecule has 0 radical (unpaired) electrons. The lowest BCUT2D eigenvalue weighted by molar-refractivity contribution is -0.130. The lowest BCUT2D eigenvalue weighted by atomic mass is 10.0. The summed E-state index contributed by atoms with van der Waals surface area (Å²) < 4.78 is 1.71. The Labute approximate surface area is 265 Å². The van der Waals surface area contributed by atoms with Crippen LogP contribution in [0.4, 0.5) is 0 Å². The first-order valence-corrected chi connectivity index (χ1v) is 15.5. The summed E-state index contributed by atoms with van der Waals surface area (Å²) in [6.45, 7) is 11.9. The Balaban J connectivity index is 1.68. The van der Waals surface area contributed by atoms with E-state index < -0.39 is 12.1 Å². The molecule has 242 valence electrons. The number of benzene rings is 2. The van der Waals surface area contributed by atoms with Crippen molar-refractivity contribution in [2.75, 3.05) is 13.1 Å². The monoisotopic (exact) mass is 617 g/mol. The van der Waals surface area contributed by atoms with Gasteiger partial charge in [0.1, 0.15) is 6.04 Å². The Morgan fingerprint density at radius 2 is 1.49 bits per heavy atom. The molecule has 0 aliphatic heterocycles. The molecule has 1 aromatic heterocycles. The zero-order valence-electron chi connectivity index (χ0n) is 27.3. The Bertz CT molecular complexity index is 1450. The van der Waals surface area contributed by atoms with Crippen LogP contribution >= 0.6 is 0 Å². The van der Waals surface area contributed by atoms with Gasteiger partial charge in [0.25, 0.3) is 11.8 Å². The maximum absolute atomic E-state index is 13.4. The first-order chi connectivity index (χ1) is 21.4. The van der Waals surface area contributed by atoms with Crippen molar-refractivity contribution in [3.63, 3.8) is 0 Å². The topological polar surface area (TPSA) is 146 Å². The maximum atomic E-state index is 13.4. The quantitative estimate of drug-likeness (QED) is 0.177. The highest BCUT2D eigenvalue weighted by Crippen LogP contribution is 2.17. The number of aromatic nitrogens is 2. The van der Waals surface area contributed by atoms with Gasteiger partial charge in [0, 0.05) is 49.1 Å². The molecule has 0 saturated heterocycles. The fourth-order valence-electron chi connectivity index (χ4n) is 5.05. The van der Waals surface area contributed by atoms with Crippen molar-refractivity contribution in [2.45, 2.75) is 72.1 Å². The van der Waals surface area contributed by atoms with Gasteiger partial charge in [-0.3, -0.25) is 23.9 Å². The number of carbonyl (C=O) groups is 4. The lowest BCUT2D eigenvalue weighted by Gasteiger charge is -2.25. The predicted octanol–water partition coefficient (Wildman–Crippen LogP) is 2.82. The molecule has 11 heteroatoms. The minimum atomic E-state index is -0.651. The summed E-state index contributed by atoms with van der Waals surface area (Å²) in [4.78, 5) is 52.0. The van der Waals surface area contributed by atoms with Crippen molar-refractivity contribution >= 4 is 23.6 Å². The number of rotatable bonds is 15. The summed E-state index contributed by atoms with van der Waals surface area (Å²) >= 11 is 0. The van der Waals surface area contributed by atoms with E-state index in [0.29, 0.717) is 30.6 Å². The zero-order chi connectivity index (χ0) is 33.1. The van der Waals surface area contributed by atoms with E-state index in [-0.39, 0.29) is 41.6 Å². The molecule has 11 nitrogen and oxygen atoms in total. The van der Waals surface area contributed by atoms with Gasteiger partial charge in [0.05, 0.1) is 17.8 Å². The van der Waals surface area contributed by atoms with E-state index in [1.54, 1.807) is 35.9 Å². The van der Waals surface area contributed by atoms with Crippen LogP contribution in [-0.2, 0) is 23.1 Å². The molecular weight excluding hydrogens is 570 g/mol. The number of amides is 4. The number of nitrogens with zero attached hydrogens (tertiary/aromatic N) is 2. The summed E-state index contributed by atoms with van der Waals surface area (Å²) in [7, 11) is 1.83. The zero-order valence-corrected chi connectivity index (χ0v) is 27.3. The second-order valence-corrected chi connectivity index (χ2v) is 11.7. The molecule has 0 aliphatic rings. The van der Waals surface area contributed by atoms with Gasteiger partial charge in [-0.2, -0.15) is 5.10 Å². The second kappa shape index (κ2) is 16.5. The van der Waals surface area contributed by atoms with Crippen LogP contribution in [-0.4, -0.2) is 64.6 Å². The Hall–Kier alpha value is -4.51. The summed E-state index contributed by atoms with van der Waals surface area (Å²) in [5.74, 6) is -1.25. The summed E-state index contributed by atoms with van der Waals surface area (Å²) in [5, 5.41) is 19.2. The third-order valence-corrected chi connectivity index (χ3v) is 7.57. The van der Waals surface area contributed by atoms with E-state index in [2.05, 4.69) is 31.7 Å². The van der Waals surface area contributed by atoms with E-state index in [1.807, 2.05) is 78.2 Å². The van der Waals surface area contributed by atoms with Gasteiger partial charge in [0.2, 0.25) is 11.8 Å². The van der Waals surface area contributed by atoms with E-state index >= 15 is 0 Å². The van der Waals surface area contributed by atoms with Crippen molar-refractivity contribution in [1.29, 1.82) is 0 Å². The minimum absolute atomic E-state index is 0.0849. The van der Waals surface area contributed by atoms with Crippen molar-refractivity contribution in [3.8, 4) is 0 Å². The molecule has 2 aromatic carbocycles. The number of aryl methyl sites for hydroxylation is 2. The molecule has 0 aliphatic carbocycles. The first-order valence-electron chi connectivity index (χ1n) is 15.5. The average molecular weight is 618 g/mol. The predicted molar refractivity (Wildman–Crippen MR) is 175 cm³/mol. The molecule has 1 unspecified atom stereocenters. The minimum Gasteiger partial charge on any atom is -0.355 e. The molecule has 0 spiro atoms. The summed E-state index contributed by atoms with van der Waals surface area (Å²) in [5.41, 5.74) is 3.49. The van der Waals surface area contributed by atoms with Gasteiger partial charge >= 0.3 is 0 Å². The van der Waals surface area contributed by atoms with Crippen molar-refractivity contribution < 1.29 is 19.2 Å². The largest absolute Gasteiger partial charge is 0.355 e. The summed E-state index contributed by atoms with van der Waals surface area (Å²) in [6, 6.07) is 14.4. The lowest BCUT2D eigenvalue weighted by Crippen LogP contribution is -2.55. The maximum Gasteiger partial charge on any atom is 0.251 e. The van der Waals surface area contributed by atoms with Crippen LogP contribution in [0.2, 0.25) is 0 Å². The second-order valence-electron chi connectivity index (χ2n) is 11.7. The molecular formula is C34H47N7O4. The number of hydrogen-bond donors (Lipinski definition) is 5. The van der Waals surface area contributed by atoms with Crippen LogP contribution in [0.25, 0.3) is 0 Å². The third kappa shape index (κ3) is 10.3. The normalized spacial score (nSPS) is 13.8. The standard InChI is InChI=1S/C34H47N7O4/c1-8-35-34(45)30(21(2)3)39-31(42)24(6)36-19-28(17-25-13-10-9-11-14-25)38-33(44)27-16-12-15-26(18-27)32(43)37-22(4)29-20-41(7)40-23(29)5/h9-16,18,20-22,24,28,30,36H,8,17,19H2,1-7H3,(H,35,45)(H,37,43)(H,38,44)(H,39,42)/t22?,24-,28-,30-/m0/s1. The fraction of sp³-hybridized carbons (Fsp3) is 0.441. The van der Waals surface area contributed by atoms with Crippen LogP contribution < -0.4 is 26.6 Å². The molecule has 5 N–H and O–H groups in total. The van der Waals surface area contributed by atoms with Gasteiger partial charge < -0.3 is 26.6 Å². The van der Waals surface area contributed by atoms with Crippen molar-refractivity contribution in [1.82, 2.24) is 36.4 Å². The number of hydrogen-bond acceptors (Lipinski definition) is 6. The molecule has 4 amide bonds. The highest BCUT2D eigenvalue weighted by atomic mass is 16.2. The SMILES string of the molecule is CCNC(=O)[C@@H](NC(=O)[C@H](C)NC[C@H](Cc1ccccc1)NC(=O)c1cccc(C(=O)NC(C)c2cn(C)nc2C)c1)C(C)C. The summed E-state index contributed by atoms with van der Waals surface area (Å²) in [6.07, 6.45) is 2.39. The van der Waals surface area contributed by atoms with Gasteiger partial charge in [0.15, 0.2) is 0 Å². The molecule has 3 aromatic rings. The van der Waals surface area contributed by atoms with E-state index in [4.69, 9.17) is 0 Å². The molecule has 0 fully saturated rings. The number of likely N-dealkylation sites (N-methyl/N-ethyl adjacent to an activating group) is 1. The molecule has 45 heavy (non-hydrogen) atoms. The fourth-order valence-corrected chi connectivity index (χ4v) is 5.05. The molecule has 1 heterocycles. The van der Waals surface area contributed by atoms with Gasteiger partial charge in [-0.25, -0.2) is 0 Å². The van der Waals surface area contributed by atoms with Crippen LogP contribution in [0.1, 0.15) is 78.2 Å².